The van der Waals surface area contributed by atoms with Gasteiger partial charge >= 0.3 is 0 Å². The van der Waals surface area contributed by atoms with Crippen LogP contribution >= 0.6 is 0 Å². The lowest BCUT2D eigenvalue weighted by molar-refractivity contribution is -0.0611. The molecule has 0 N–H and O–H groups in total. The molecule has 3 heteroatoms. The highest BCUT2D eigenvalue weighted by Gasteiger charge is 1.43. The van der Waals surface area contributed by atoms with Gasteiger partial charge in [-0.25, -0.2) is 0 Å². The van der Waals surface area contributed by atoms with E-state index < -0.39 is 0 Å². The van der Waals surface area contributed by atoms with E-state index in [1.54, 1.807) is 0 Å². The van der Waals surface area contributed by atoms with E-state index in [9.17, 15) is 4.53 Å². The van der Waals surface area contributed by atoms with Crippen molar-refractivity contribution < 1.29 is 14.2 Å². The molecule has 0 saturated heterocycles. The highest BCUT2D eigenvalue weighted by atomic mass is 19.3. The molecule has 1 nitrogen and oxygen atoms in total. The summed E-state index contributed by atoms with van der Waals surface area (Å²) in [5.74, 6) is 0. The van der Waals surface area contributed by atoms with Crippen LogP contribution in [-0.2, 0) is 4.94 Å². The highest BCUT2D eigenvalue weighted by Crippen LogP contribution is 1.63. The molecule has 0 aromatic heterocycles. The third kappa shape index (κ3) is 41.7. The largest absolute Gasteiger partial charge is 0.303 e. The van der Waals surface area contributed by atoms with Crippen LogP contribution in [0.1, 0.15) is 0 Å². The van der Waals surface area contributed by atoms with Crippen molar-refractivity contribution in [2.24, 2.45) is 0 Å². The number of halogens is 2. The SMILES string of the molecule is C=COF.F. The monoisotopic (exact) mass is 82.0 g/mol. The molecule has 0 saturated carbocycles. The van der Waals surface area contributed by atoms with Gasteiger partial charge < -0.3 is 4.94 Å². The van der Waals surface area contributed by atoms with Crippen LogP contribution in [0.2, 0.25) is 0 Å². The second-order valence-electron chi connectivity index (χ2n) is 0.256. The van der Waals surface area contributed by atoms with Crippen molar-refractivity contribution in [3.63, 3.8) is 0 Å². The Bertz CT molecular complexity index is 21.6. The van der Waals surface area contributed by atoms with Crippen LogP contribution in [0.4, 0.5) is 9.23 Å². The summed E-state index contributed by atoms with van der Waals surface area (Å²) in [5.41, 5.74) is 0. The maximum atomic E-state index is 10.1. The van der Waals surface area contributed by atoms with Crippen LogP contribution in [0, 0.1) is 0 Å². The Hall–Kier alpha value is -0.600. The summed E-state index contributed by atoms with van der Waals surface area (Å²) < 4.78 is 10.1. The third-order valence-electron chi connectivity index (χ3n) is 0.0630. The Kier molecular flexibility index (Phi) is 17.6. The summed E-state index contributed by atoms with van der Waals surface area (Å²) in [4.78, 5) is 2.81. The van der Waals surface area contributed by atoms with Gasteiger partial charge in [-0.05, 0) is 0 Å². The minimum Gasteiger partial charge on any atom is -0.303 e. The van der Waals surface area contributed by atoms with Crippen molar-refractivity contribution in [3.8, 4) is 0 Å². The van der Waals surface area contributed by atoms with Crippen molar-refractivity contribution in [2.75, 3.05) is 0 Å². The first-order chi connectivity index (χ1) is 1.91. The summed E-state index contributed by atoms with van der Waals surface area (Å²) in [5, 5.41) is 0. The van der Waals surface area contributed by atoms with Crippen LogP contribution in [0.5, 0.6) is 0 Å². The predicted molar refractivity (Wildman–Crippen MR) is 14.9 cm³/mol. The highest BCUT2D eigenvalue weighted by molar-refractivity contribution is 4.41. The van der Waals surface area contributed by atoms with Gasteiger partial charge in [-0.15, -0.1) is 0 Å². The van der Waals surface area contributed by atoms with Crippen molar-refractivity contribution in [1.82, 2.24) is 0 Å². The fourth-order valence-corrected chi connectivity index (χ4v) is 0. The van der Waals surface area contributed by atoms with E-state index in [1.807, 2.05) is 0 Å². The van der Waals surface area contributed by atoms with Crippen LogP contribution in [0.3, 0.4) is 0 Å². The zero-order chi connectivity index (χ0) is 3.41. The number of hydrogen-bond acceptors (Lipinski definition) is 1. The van der Waals surface area contributed by atoms with Gasteiger partial charge in [0, 0.05) is 4.53 Å². The first-order valence-corrected chi connectivity index (χ1v) is 0.798. The van der Waals surface area contributed by atoms with Crippen molar-refractivity contribution in [3.05, 3.63) is 12.8 Å². The van der Waals surface area contributed by atoms with E-state index >= 15 is 0 Å². The molecule has 32 valence electrons. The Morgan fingerprint density at radius 3 is 2.00 bits per heavy atom. The molecule has 0 bridgehead atoms. The van der Waals surface area contributed by atoms with Crippen LogP contribution in [0.15, 0.2) is 12.8 Å². The summed E-state index contributed by atoms with van der Waals surface area (Å²) >= 11 is 0. The molecule has 0 heterocycles. The van der Waals surface area contributed by atoms with E-state index in [1.165, 1.54) is 0 Å². The van der Waals surface area contributed by atoms with Gasteiger partial charge in [0.15, 0.2) is 0 Å². The molecular formula is C2H4F2O. The standard InChI is InChI=1S/C2H3FO.FH/c1-2-4-3;/h2H,1H2;1H. The molecule has 0 rings (SSSR count). The topological polar surface area (TPSA) is 9.23 Å². The molecule has 0 aliphatic carbocycles. The lowest BCUT2D eigenvalue weighted by Gasteiger charge is -1.62. The maximum Gasteiger partial charge on any atom is 0.128 e. The minimum atomic E-state index is 0. The van der Waals surface area contributed by atoms with Crippen LogP contribution in [0.25, 0.3) is 0 Å². The molecular weight excluding hydrogens is 78.0 g/mol. The van der Waals surface area contributed by atoms with Crippen LogP contribution in [-0.4, -0.2) is 0 Å². The summed E-state index contributed by atoms with van der Waals surface area (Å²) in [6.45, 7) is 2.88. The molecule has 0 aliphatic rings. The Morgan fingerprint density at radius 2 is 2.00 bits per heavy atom. The van der Waals surface area contributed by atoms with Gasteiger partial charge in [0.05, 0.1) is 0 Å². The van der Waals surface area contributed by atoms with Gasteiger partial charge in [-0.2, -0.15) is 0 Å². The van der Waals surface area contributed by atoms with E-state index in [4.69, 9.17) is 0 Å². The second-order valence-corrected chi connectivity index (χ2v) is 0.256. The van der Waals surface area contributed by atoms with Gasteiger partial charge in [0.2, 0.25) is 0 Å². The predicted octanol–water partition coefficient (Wildman–Crippen LogP) is 1.18. The minimum absolute atomic E-state index is 0. The smallest absolute Gasteiger partial charge is 0.128 e. The maximum absolute atomic E-state index is 10.1. The van der Waals surface area contributed by atoms with Gasteiger partial charge in [-0.3, -0.25) is 4.70 Å². The van der Waals surface area contributed by atoms with Crippen LogP contribution < -0.4 is 0 Å². The molecule has 0 aromatic rings. The molecule has 0 unspecified atom stereocenters. The summed E-state index contributed by atoms with van der Waals surface area (Å²) in [6, 6.07) is 0. The lowest BCUT2D eigenvalue weighted by Crippen LogP contribution is -1.41. The Morgan fingerprint density at radius 1 is 1.80 bits per heavy atom. The molecule has 0 spiro atoms. The molecule has 0 aromatic carbocycles. The van der Waals surface area contributed by atoms with E-state index in [2.05, 4.69) is 11.5 Å². The Labute approximate surface area is 28.3 Å². The molecule has 0 aliphatic heterocycles. The summed E-state index contributed by atoms with van der Waals surface area (Å²) in [7, 11) is 0. The molecule has 0 radical (unpaired) electrons. The number of rotatable bonds is 1. The molecule has 0 amide bonds. The average Bonchev–Trinajstić information content (AvgIpc) is 1.37. The van der Waals surface area contributed by atoms with E-state index in [0.717, 1.165) is 0 Å². The quantitative estimate of drug-likeness (QED) is 0.431. The number of hydrogen-bond donors (Lipinski definition) is 0. The molecule has 0 atom stereocenters. The van der Waals surface area contributed by atoms with Gasteiger partial charge in [0.1, 0.15) is 6.26 Å². The average molecular weight is 82.0 g/mol. The fraction of sp³-hybridized carbons (Fsp3) is 0. The van der Waals surface area contributed by atoms with Crippen molar-refractivity contribution >= 4 is 0 Å². The van der Waals surface area contributed by atoms with Gasteiger partial charge in [0.25, 0.3) is 0 Å². The second kappa shape index (κ2) is 9.99. The van der Waals surface area contributed by atoms with Crippen molar-refractivity contribution in [2.45, 2.75) is 0 Å². The zero-order valence-electron chi connectivity index (χ0n) is 2.48. The molecule has 0 fully saturated rings. The van der Waals surface area contributed by atoms with Gasteiger partial charge in [-0.1, -0.05) is 6.58 Å². The van der Waals surface area contributed by atoms with Crippen molar-refractivity contribution in [1.29, 1.82) is 0 Å². The first kappa shape index (κ1) is 8.83. The lowest BCUT2D eigenvalue weighted by atomic mass is 11.2. The normalized spacial score (nSPS) is 4.20. The Balaban J connectivity index is 0. The van der Waals surface area contributed by atoms with E-state index in [-0.39, 0.29) is 4.70 Å². The first-order valence-electron chi connectivity index (χ1n) is 0.798. The third-order valence-corrected chi connectivity index (χ3v) is 0.0630. The zero-order valence-corrected chi connectivity index (χ0v) is 2.48. The molecule has 5 heavy (non-hydrogen) atoms. The fourth-order valence-electron chi connectivity index (χ4n) is 0. The summed E-state index contributed by atoms with van der Waals surface area (Å²) in [6.07, 6.45) is 0.708. The van der Waals surface area contributed by atoms with E-state index in [0.29, 0.717) is 6.26 Å².